The van der Waals surface area contributed by atoms with Crippen LogP contribution in [0.4, 0.5) is 0 Å². The van der Waals surface area contributed by atoms with Crippen LogP contribution in [0.3, 0.4) is 0 Å². The van der Waals surface area contributed by atoms with Gasteiger partial charge in [0.1, 0.15) is 0 Å². The Morgan fingerprint density at radius 3 is 2.04 bits per heavy atom. The normalized spacial score (nSPS) is 25.0. The van der Waals surface area contributed by atoms with Gasteiger partial charge in [0.15, 0.2) is 5.78 Å². The number of allylic oxidation sites excluding steroid dienone is 4. The van der Waals surface area contributed by atoms with Crippen molar-refractivity contribution < 1.29 is 4.79 Å². The number of benzene rings is 2. The Morgan fingerprint density at radius 2 is 1.46 bits per heavy atom. The van der Waals surface area contributed by atoms with Gasteiger partial charge in [-0.05, 0) is 41.0 Å². The molecule has 24 heavy (non-hydrogen) atoms. The Hall–Kier alpha value is -2.41. The van der Waals surface area contributed by atoms with Gasteiger partial charge in [-0.15, -0.1) is 0 Å². The first kappa shape index (κ1) is 15.1. The van der Waals surface area contributed by atoms with Crippen LogP contribution in [0.25, 0.3) is 0 Å². The van der Waals surface area contributed by atoms with Gasteiger partial charge < -0.3 is 0 Å². The zero-order valence-corrected chi connectivity index (χ0v) is 14.0. The van der Waals surface area contributed by atoms with Crippen LogP contribution >= 0.6 is 0 Å². The molecule has 0 aliphatic heterocycles. The van der Waals surface area contributed by atoms with Crippen molar-refractivity contribution >= 4 is 5.78 Å². The second-order valence-electron chi connectivity index (χ2n) is 7.34. The molecule has 2 aromatic rings. The molecule has 4 rings (SSSR count). The minimum absolute atomic E-state index is 0.0499. The average Bonchev–Trinajstić information content (AvgIpc) is 2.63. The maximum absolute atomic E-state index is 11.9. The predicted molar refractivity (Wildman–Crippen MR) is 97.9 cm³/mol. The van der Waals surface area contributed by atoms with Gasteiger partial charge in [0.25, 0.3) is 0 Å². The van der Waals surface area contributed by atoms with Gasteiger partial charge >= 0.3 is 0 Å². The Kier molecular flexibility index (Phi) is 3.53. The molecule has 0 heterocycles. The fraction of sp³-hybridized carbons (Fsp3) is 0.261. The van der Waals surface area contributed by atoms with Gasteiger partial charge in [0.05, 0.1) is 0 Å². The summed E-state index contributed by atoms with van der Waals surface area (Å²) < 4.78 is 0. The van der Waals surface area contributed by atoms with E-state index in [1.165, 1.54) is 16.7 Å². The second-order valence-corrected chi connectivity index (χ2v) is 7.34. The highest BCUT2D eigenvalue weighted by Crippen LogP contribution is 2.53. The van der Waals surface area contributed by atoms with Gasteiger partial charge in [-0.3, -0.25) is 4.79 Å². The summed E-state index contributed by atoms with van der Waals surface area (Å²) in [5.41, 5.74) is 3.76. The minimum Gasteiger partial charge on any atom is -0.295 e. The number of ketones is 1. The van der Waals surface area contributed by atoms with E-state index in [-0.39, 0.29) is 16.6 Å². The number of fused-ring (bicyclic) bond motifs is 1. The first-order chi connectivity index (χ1) is 11.6. The maximum atomic E-state index is 11.9. The first-order valence-corrected chi connectivity index (χ1v) is 8.68. The van der Waals surface area contributed by atoms with E-state index < -0.39 is 0 Å². The molecular formula is C23H22O. The van der Waals surface area contributed by atoms with Crippen molar-refractivity contribution in [1.29, 1.82) is 0 Å². The zero-order chi connectivity index (χ0) is 16.6. The molecule has 2 aromatic carbocycles. The zero-order valence-electron chi connectivity index (χ0n) is 14.0. The van der Waals surface area contributed by atoms with Crippen LogP contribution in [0.1, 0.15) is 37.3 Å². The molecule has 1 atom stereocenters. The summed E-state index contributed by atoms with van der Waals surface area (Å²) in [4.78, 5) is 11.9. The molecule has 0 unspecified atom stereocenters. The quantitative estimate of drug-likeness (QED) is 0.742. The molecule has 1 nitrogen and oxygen atoms in total. The van der Waals surface area contributed by atoms with Gasteiger partial charge in [-0.1, -0.05) is 79.7 Å². The van der Waals surface area contributed by atoms with Crippen molar-refractivity contribution in [2.45, 2.75) is 31.6 Å². The lowest BCUT2D eigenvalue weighted by Crippen LogP contribution is -2.39. The van der Waals surface area contributed by atoms with Crippen LogP contribution < -0.4 is 0 Å². The molecule has 0 saturated carbocycles. The molecule has 0 aromatic heterocycles. The maximum Gasteiger partial charge on any atom is 0.156 e. The Balaban J connectivity index is 1.92. The van der Waals surface area contributed by atoms with E-state index in [0.717, 1.165) is 12.8 Å². The summed E-state index contributed by atoms with van der Waals surface area (Å²) in [7, 11) is 0. The van der Waals surface area contributed by atoms with Gasteiger partial charge in [0, 0.05) is 11.8 Å². The third-order valence-corrected chi connectivity index (χ3v) is 5.73. The molecule has 1 heteroatoms. The SMILES string of the molecule is C[C@@]12CCC(=O)C=C1C=CC(c1ccccc1)(c1ccccc1)C2. The van der Waals surface area contributed by atoms with Crippen LogP contribution in [-0.4, -0.2) is 5.78 Å². The highest BCUT2D eigenvalue weighted by molar-refractivity contribution is 5.92. The Bertz CT molecular complexity index is 774. The highest BCUT2D eigenvalue weighted by Gasteiger charge is 2.45. The van der Waals surface area contributed by atoms with Crippen molar-refractivity contribution in [2.75, 3.05) is 0 Å². The minimum atomic E-state index is -0.130. The molecule has 2 aliphatic carbocycles. The molecule has 0 bridgehead atoms. The standard InChI is InChI=1S/C23H22O/c1-22-14-13-21(24)16-20(22)12-15-23(17-22,18-8-4-2-5-9-18)19-10-6-3-7-11-19/h2-12,15-16H,13-14,17H2,1H3/t22-/m0/s1. The largest absolute Gasteiger partial charge is 0.295 e. The summed E-state index contributed by atoms with van der Waals surface area (Å²) in [6.45, 7) is 2.31. The summed E-state index contributed by atoms with van der Waals surface area (Å²) in [6, 6.07) is 21.5. The first-order valence-electron chi connectivity index (χ1n) is 8.68. The van der Waals surface area contributed by atoms with Crippen LogP contribution in [0.5, 0.6) is 0 Å². The molecule has 0 N–H and O–H groups in total. The van der Waals surface area contributed by atoms with Crippen molar-refractivity contribution in [1.82, 2.24) is 0 Å². The van der Waals surface area contributed by atoms with Gasteiger partial charge in [0.2, 0.25) is 0 Å². The molecular weight excluding hydrogens is 292 g/mol. The van der Waals surface area contributed by atoms with E-state index in [1.54, 1.807) is 0 Å². The van der Waals surface area contributed by atoms with Crippen molar-refractivity contribution in [2.24, 2.45) is 5.41 Å². The molecule has 0 fully saturated rings. The van der Waals surface area contributed by atoms with Crippen LogP contribution in [0.15, 0.2) is 84.5 Å². The van der Waals surface area contributed by atoms with Crippen molar-refractivity contribution in [3.8, 4) is 0 Å². The fourth-order valence-electron chi connectivity index (χ4n) is 4.34. The van der Waals surface area contributed by atoms with Gasteiger partial charge in [-0.2, -0.15) is 0 Å². The third-order valence-electron chi connectivity index (χ3n) is 5.73. The molecule has 2 aliphatic rings. The van der Waals surface area contributed by atoms with Crippen LogP contribution in [0.2, 0.25) is 0 Å². The van der Waals surface area contributed by atoms with E-state index in [1.807, 2.05) is 6.08 Å². The number of hydrogen-bond acceptors (Lipinski definition) is 1. The van der Waals surface area contributed by atoms with E-state index in [9.17, 15) is 4.79 Å². The van der Waals surface area contributed by atoms with E-state index in [2.05, 4.69) is 79.7 Å². The molecule has 120 valence electrons. The second kappa shape index (κ2) is 5.59. The van der Waals surface area contributed by atoms with Crippen molar-refractivity contribution in [3.63, 3.8) is 0 Å². The highest BCUT2D eigenvalue weighted by atomic mass is 16.1. The Labute approximate surface area is 143 Å². The molecule has 0 spiro atoms. The number of carbonyl (C=O) groups excluding carboxylic acids is 1. The molecule has 0 radical (unpaired) electrons. The number of carbonyl (C=O) groups is 1. The lowest BCUT2D eigenvalue weighted by atomic mass is 9.57. The topological polar surface area (TPSA) is 17.1 Å². The van der Waals surface area contributed by atoms with Crippen LogP contribution in [0, 0.1) is 5.41 Å². The van der Waals surface area contributed by atoms with E-state index in [4.69, 9.17) is 0 Å². The van der Waals surface area contributed by atoms with Crippen LogP contribution in [-0.2, 0) is 10.2 Å². The molecule has 0 amide bonds. The third kappa shape index (κ3) is 2.36. The number of hydrogen-bond donors (Lipinski definition) is 0. The lowest BCUT2D eigenvalue weighted by molar-refractivity contribution is -0.115. The average molecular weight is 314 g/mol. The predicted octanol–water partition coefficient (Wildman–Crippen LogP) is 5.23. The lowest BCUT2D eigenvalue weighted by Gasteiger charge is -2.46. The van der Waals surface area contributed by atoms with E-state index in [0.29, 0.717) is 6.42 Å². The summed E-state index contributed by atoms with van der Waals surface area (Å²) in [6.07, 6.45) is 8.96. The van der Waals surface area contributed by atoms with Gasteiger partial charge in [-0.25, -0.2) is 0 Å². The van der Waals surface area contributed by atoms with Crippen molar-refractivity contribution in [3.05, 3.63) is 95.6 Å². The smallest absolute Gasteiger partial charge is 0.156 e. The summed E-state index contributed by atoms with van der Waals surface area (Å²) in [5.74, 6) is 0.263. The Morgan fingerprint density at radius 1 is 0.875 bits per heavy atom. The monoisotopic (exact) mass is 314 g/mol. The fourth-order valence-corrected chi connectivity index (χ4v) is 4.34. The summed E-state index contributed by atoms with van der Waals surface area (Å²) >= 11 is 0. The van der Waals surface area contributed by atoms with E-state index >= 15 is 0 Å². The summed E-state index contributed by atoms with van der Waals surface area (Å²) in [5, 5.41) is 0. The molecule has 0 saturated heterocycles. The number of rotatable bonds is 2.